The Bertz CT molecular complexity index is 495. The SMILES string of the molecule is COc1cccc2c1CCCC2=NCCNC(C)=O. The average Bonchev–Trinajstić information content (AvgIpc) is 2.42. The van der Waals surface area contributed by atoms with Gasteiger partial charge < -0.3 is 10.1 Å². The van der Waals surface area contributed by atoms with Gasteiger partial charge in [-0.05, 0) is 25.3 Å². The average molecular weight is 260 g/mol. The van der Waals surface area contributed by atoms with E-state index in [2.05, 4.69) is 16.4 Å². The molecule has 0 bridgehead atoms. The van der Waals surface area contributed by atoms with Crippen molar-refractivity contribution in [1.82, 2.24) is 5.32 Å². The number of ether oxygens (including phenoxy) is 1. The molecule has 1 aliphatic carbocycles. The number of rotatable bonds is 4. The minimum absolute atomic E-state index is 0.00841. The summed E-state index contributed by atoms with van der Waals surface area (Å²) < 4.78 is 5.41. The van der Waals surface area contributed by atoms with Gasteiger partial charge in [-0.25, -0.2) is 0 Å². The first-order valence-corrected chi connectivity index (χ1v) is 6.66. The Balaban J connectivity index is 2.13. The standard InChI is InChI=1S/C15H20N2O2/c1-11(18)16-9-10-17-14-7-3-6-13-12(14)5-4-8-15(13)19-2/h4-5,8H,3,6-7,9-10H2,1-2H3,(H,16,18). The number of aliphatic imine (C=N–C) groups is 1. The van der Waals surface area contributed by atoms with Crippen LogP contribution in [0.25, 0.3) is 0 Å². The van der Waals surface area contributed by atoms with Crippen molar-refractivity contribution in [3.05, 3.63) is 29.3 Å². The van der Waals surface area contributed by atoms with Gasteiger partial charge in [0.05, 0.1) is 13.7 Å². The highest BCUT2D eigenvalue weighted by Crippen LogP contribution is 2.29. The van der Waals surface area contributed by atoms with Crippen LogP contribution in [0, 0.1) is 0 Å². The van der Waals surface area contributed by atoms with Crippen LogP contribution in [0.1, 0.15) is 30.9 Å². The second-order valence-electron chi connectivity index (χ2n) is 4.65. The molecule has 102 valence electrons. The number of amides is 1. The van der Waals surface area contributed by atoms with Crippen LogP contribution in [-0.4, -0.2) is 31.8 Å². The van der Waals surface area contributed by atoms with Crippen LogP contribution in [0.3, 0.4) is 0 Å². The van der Waals surface area contributed by atoms with E-state index < -0.39 is 0 Å². The maximum absolute atomic E-state index is 10.8. The summed E-state index contributed by atoms with van der Waals surface area (Å²) in [7, 11) is 1.71. The fraction of sp³-hybridized carbons (Fsp3) is 0.467. The van der Waals surface area contributed by atoms with Crippen LogP contribution in [0.4, 0.5) is 0 Å². The van der Waals surface area contributed by atoms with E-state index in [1.807, 2.05) is 12.1 Å². The Hall–Kier alpha value is -1.84. The Labute approximate surface area is 113 Å². The fourth-order valence-electron chi connectivity index (χ4n) is 2.44. The monoisotopic (exact) mass is 260 g/mol. The summed E-state index contributed by atoms with van der Waals surface area (Å²) in [5.74, 6) is 0.942. The molecule has 1 aliphatic rings. The van der Waals surface area contributed by atoms with Crippen molar-refractivity contribution >= 4 is 11.6 Å². The lowest BCUT2D eigenvalue weighted by molar-refractivity contribution is -0.118. The van der Waals surface area contributed by atoms with Gasteiger partial charge in [-0.15, -0.1) is 0 Å². The minimum Gasteiger partial charge on any atom is -0.496 e. The van der Waals surface area contributed by atoms with E-state index in [0.29, 0.717) is 13.1 Å². The third kappa shape index (κ3) is 3.34. The zero-order valence-electron chi connectivity index (χ0n) is 11.5. The van der Waals surface area contributed by atoms with Gasteiger partial charge in [0.25, 0.3) is 0 Å². The van der Waals surface area contributed by atoms with E-state index >= 15 is 0 Å². The number of fused-ring (bicyclic) bond motifs is 1. The number of hydrogen-bond donors (Lipinski definition) is 1. The molecule has 19 heavy (non-hydrogen) atoms. The molecule has 0 radical (unpaired) electrons. The van der Waals surface area contributed by atoms with E-state index in [1.165, 1.54) is 18.1 Å². The van der Waals surface area contributed by atoms with Crippen LogP contribution >= 0.6 is 0 Å². The second-order valence-corrected chi connectivity index (χ2v) is 4.65. The maximum atomic E-state index is 10.8. The molecule has 0 saturated heterocycles. The molecule has 4 nitrogen and oxygen atoms in total. The van der Waals surface area contributed by atoms with Crippen LogP contribution in [0.5, 0.6) is 5.75 Å². The van der Waals surface area contributed by atoms with Crippen LogP contribution in [0.15, 0.2) is 23.2 Å². The molecule has 0 spiro atoms. The van der Waals surface area contributed by atoms with Gasteiger partial charge in [-0.1, -0.05) is 12.1 Å². The molecular weight excluding hydrogens is 240 g/mol. The molecule has 0 fully saturated rings. The molecular formula is C15H20N2O2. The summed E-state index contributed by atoms with van der Waals surface area (Å²) >= 11 is 0. The van der Waals surface area contributed by atoms with E-state index in [4.69, 9.17) is 4.74 Å². The van der Waals surface area contributed by atoms with Gasteiger partial charge in [0.15, 0.2) is 0 Å². The Kier molecular flexibility index (Phi) is 4.55. The number of carbonyl (C=O) groups excluding carboxylic acids is 1. The van der Waals surface area contributed by atoms with E-state index in [9.17, 15) is 4.79 Å². The highest BCUT2D eigenvalue weighted by molar-refractivity contribution is 6.03. The molecule has 1 amide bonds. The van der Waals surface area contributed by atoms with Gasteiger partial charge in [-0.3, -0.25) is 9.79 Å². The molecule has 1 aromatic carbocycles. The molecule has 4 heteroatoms. The lowest BCUT2D eigenvalue weighted by Crippen LogP contribution is -2.23. The predicted octanol–water partition coefficient (Wildman–Crippen LogP) is 1.96. The first-order chi connectivity index (χ1) is 9.22. The number of benzene rings is 1. The fourth-order valence-corrected chi connectivity index (χ4v) is 2.44. The molecule has 0 heterocycles. The summed E-state index contributed by atoms with van der Waals surface area (Å²) in [4.78, 5) is 15.4. The van der Waals surface area contributed by atoms with Crippen molar-refractivity contribution in [3.63, 3.8) is 0 Å². The molecule has 1 N–H and O–H groups in total. The first-order valence-electron chi connectivity index (χ1n) is 6.66. The zero-order chi connectivity index (χ0) is 13.7. The Morgan fingerprint density at radius 2 is 2.26 bits per heavy atom. The van der Waals surface area contributed by atoms with E-state index in [0.717, 1.165) is 30.7 Å². The quantitative estimate of drug-likeness (QED) is 0.841. The predicted molar refractivity (Wildman–Crippen MR) is 76.0 cm³/mol. The van der Waals surface area contributed by atoms with Crippen molar-refractivity contribution < 1.29 is 9.53 Å². The Morgan fingerprint density at radius 1 is 1.42 bits per heavy atom. The number of nitrogens with zero attached hydrogens (tertiary/aromatic N) is 1. The molecule has 0 unspecified atom stereocenters. The van der Waals surface area contributed by atoms with Crippen molar-refractivity contribution in [2.45, 2.75) is 26.2 Å². The second kappa shape index (κ2) is 6.36. The highest BCUT2D eigenvalue weighted by Gasteiger charge is 2.18. The smallest absolute Gasteiger partial charge is 0.216 e. The Morgan fingerprint density at radius 3 is 3.00 bits per heavy atom. The molecule has 0 aromatic heterocycles. The van der Waals surface area contributed by atoms with Crippen LogP contribution in [0.2, 0.25) is 0 Å². The van der Waals surface area contributed by atoms with Crippen molar-refractivity contribution in [1.29, 1.82) is 0 Å². The summed E-state index contributed by atoms with van der Waals surface area (Å²) in [5, 5.41) is 2.76. The molecule has 0 saturated carbocycles. The van der Waals surface area contributed by atoms with Gasteiger partial charge >= 0.3 is 0 Å². The minimum atomic E-state index is -0.00841. The first kappa shape index (κ1) is 13.6. The lowest BCUT2D eigenvalue weighted by atomic mass is 9.89. The van der Waals surface area contributed by atoms with E-state index in [1.54, 1.807) is 7.11 Å². The third-order valence-electron chi connectivity index (χ3n) is 3.29. The van der Waals surface area contributed by atoms with Gasteiger partial charge in [0.1, 0.15) is 5.75 Å². The van der Waals surface area contributed by atoms with Crippen LogP contribution < -0.4 is 10.1 Å². The zero-order valence-corrected chi connectivity index (χ0v) is 11.5. The number of methoxy groups -OCH3 is 1. The van der Waals surface area contributed by atoms with Crippen LogP contribution in [-0.2, 0) is 11.2 Å². The summed E-state index contributed by atoms with van der Waals surface area (Å²) in [6, 6.07) is 6.11. The number of hydrogen-bond acceptors (Lipinski definition) is 3. The molecule has 0 aliphatic heterocycles. The summed E-state index contributed by atoms with van der Waals surface area (Å²) in [6.45, 7) is 2.75. The maximum Gasteiger partial charge on any atom is 0.216 e. The molecule has 1 aromatic rings. The molecule has 2 rings (SSSR count). The van der Waals surface area contributed by atoms with Gasteiger partial charge in [0.2, 0.25) is 5.91 Å². The topological polar surface area (TPSA) is 50.7 Å². The number of carbonyl (C=O) groups is 1. The van der Waals surface area contributed by atoms with Gasteiger partial charge in [0, 0.05) is 30.3 Å². The summed E-state index contributed by atoms with van der Waals surface area (Å²) in [5.41, 5.74) is 3.59. The lowest BCUT2D eigenvalue weighted by Gasteiger charge is -2.20. The van der Waals surface area contributed by atoms with Crippen molar-refractivity contribution in [2.75, 3.05) is 20.2 Å². The number of nitrogens with one attached hydrogen (secondary N) is 1. The molecule has 0 atom stereocenters. The van der Waals surface area contributed by atoms with E-state index in [-0.39, 0.29) is 5.91 Å². The summed E-state index contributed by atoms with van der Waals surface area (Å²) in [6.07, 6.45) is 3.15. The van der Waals surface area contributed by atoms with Crippen molar-refractivity contribution in [2.24, 2.45) is 4.99 Å². The largest absolute Gasteiger partial charge is 0.496 e. The van der Waals surface area contributed by atoms with Crippen molar-refractivity contribution in [3.8, 4) is 5.75 Å². The highest BCUT2D eigenvalue weighted by atomic mass is 16.5. The normalized spacial score (nSPS) is 16.0. The van der Waals surface area contributed by atoms with Gasteiger partial charge in [-0.2, -0.15) is 0 Å². The third-order valence-corrected chi connectivity index (χ3v) is 3.29.